The highest BCUT2D eigenvalue weighted by molar-refractivity contribution is 7.99. The van der Waals surface area contributed by atoms with E-state index in [0.29, 0.717) is 38.1 Å². The second kappa shape index (κ2) is 20.8. The average molecular weight is 945 g/mol. The molecule has 0 bridgehead atoms. The molecule has 2 saturated heterocycles. The van der Waals surface area contributed by atoms with Crippen molar-refractivity contribution in [3.63, 3.8) is 0 Å². The van der Waals surface area contributed by atoms with Crippen molar-refractivity contribution in [3.8, 4) is 5.75 Å². The lowest BCUT2D eigenvalue weighted by atomic mass is 9.90. The highest BCUT2D eigenvalue weighted by Crippen LogP contribution is 2.48. The van der Waals surface area contributed by atoms with Gasteiger partial charge < -0.3 is 35.2 Å². The van der Waals surface area contributed by atoms with Crippen LogP contribution >= 0.6 is 11.8 Å². The first kappa shape index (κ1) is 48.0. The molecule has 0 spiro atoms. The lowest BCUT2D eigenvalue weighted by Gasteiger charge is -2.40. The SMILES string of the molecule is CC1(NC(=O)OC(C)(C)C)CCN(c2cnc(Sc3cccc(NC(=O)CCCCCOc4ccc(C5CC5C(=O)NCc5ccc6c(c5)C(=O)N(C5CCC(=O)NC5=O)C6)cc4)c3)cn2)CC1. The zero-order valence-corrected chi connectivity index (χ0v) is 39.9. The first-order chi connectivity index (χ1) is 32.6. The van der Waals surface area contributed by atoms with E-state index in [-0.39, 0.29) is 47.4 Å². The number of benzene rings is 3. The molecule has 8 rings (SSSR count). The van der Waals surface area contributed by atoms with Crippen LogP contribution in [0.25, 0.3) is 0 Å². The number of unbranched alkanes of at least 4 members (excludes halogenated alkanes) is 2. The smallest absolute Gasteiger partial charge is 0.408 e. The molecule has 0 radical (unpaired) electrons. The van der Waals surface area contributed by atoms with E-state index in [1.807, 2.05) is 88.4 Å². The highest BCUT2D eigenvalue weighted by atomic mass is 32.2. The van der Waals surface area contributed by atoms with Gasteiger partial charge in [0.15, 0.2) is 0 Å². The van der Waals surface area contributed by atoms with Gasteiger partial charge in [0.2, 0.25) is 23.6 Å². The number of anilines is 2. The van der Waals surface area contributed by atoms with Gasteiger partial charge in [0.1, 0.15) is 28.2 Å². The summed E-state index contributed by atoms with van der Waals surface area (Å²) in [6.45, 7) is 10.2. The Morgan fingerprint density at radius 1 is 0.941 bits per heavy atom. The predicted octanol–water partition coefficient (Wildman–Crippen LogP) is 7.27. The van der Waals surface area contributed by atoms with E-state index in [2.05, 4.69) is 36.1 Å². The summed E-state index contributed by atoms with van der Waals surface area (Å²) in [4.78, 5) is 89.3. The Bertz CT molecular complexity index is 2520. The topological polar surface area (TPSA) is 201 Å². The summed E-state index contributed by atoms with van der Waals surface area (Å²) in [5.41, 5.74) is 3.07. The Hall–Kier alpha value is -6.49. The number of piperidine rings is 2. The number of hydrogen-bond donors (Lipinski definition) is 4. The monoisotopic (exact) mass is 944 g/mol. The van der Waals surface area contributed by atoms with Crippen LogP contribution in [0.4, 0.5) is 16.3 Å². The highest BCUT2D eigenvalue weighted by Gasteiger charge is 2.44. The minimum absolute atomic E-state index is 0.0297. The molecule has 16 nitrogen and oxygen atoms in total. The second-order valence-corrected chi connectivity index (χ2v) is 20.4. The summed E-state index contributed by atoms with van der Waals surface area (Å²) >= 11 is 1.48. The number of fused-ring (bicyclic) bond motifs is 1. The Morgan fingerprint density at radius 3 is 2.47 bits per heavy atom. The number of ether oxygens (including phenoxy) is 2. The van der Waals surface area contributed by atoms with Gasteiger partial charge in [-0.2, -0.15) is 0 Å². The molecule has 3 fully saturated rings. The molecule has 3 aromatic carbocycles. The zero-order valence-electron chi connectivity index (χ0n) is 39.1. The number of imide groups is 1. The van der Waals surface area contributed by atoms with Crippen molar-refractivity contribution < 1.29 is 38.2 Å². The van der Waals surface area contributed by atoms with E-state index in [0.717, 1.165) is 95.5 Å². The molecule has 1 aromatic heterocycles. The summed E-state index contributed by atoms with van der Waals surface area (Å²) in [7, 11) is 0. The van der Waals surface area contributed by atoms with Crippen LogP contribution in [0.5, 0.6) is 5.75 Å². The number of carbonyl (C=O) groups is 6. The fourth-order valence-electron chi connectivity index (χ4n) is 8.86. The van der Waals surface area contributed by atoms with Crippen molar-refractivity contribution in [1.82, 2.24) is 30.8 Å². The van der Waals surface area contributed by atoms with Crippen LogP contribution in [0.1, 0.15) is 118 Å². The molecule has 4 N–H and O–H groups in total. The summed E-state index contributed by atoms with van der Waals surface area (Å²) in [5.74, 6) is 0.496. The second-order valence-electron chi connectivity index (χ2n) is 19.4. The van der Waals surface area contributed by atoms with E-state index in [1.54, 1.807) is 18.5 Å². The van der Waals surface area contributed by atoms with Crippen LogP contribution < -0.4 is 30.9 Å². The molecule has 4 aromatic rings. The molecule has 358 valence electrons. The van der Waals surface area contributed by atoms with Gasteiger partial charge in [0.25, 0.3) is 5.91 Å². The lowest BCUT2D eigenvalue weighted by molar-refractivity contribution is -0.137. The van der Waals surface area contributed by atoms with E-state index in [4.69, 9.17) is 9.47 Å². The number of hydrogen-bond acceptors (Lipinski definition) is 12. The molecule has 6 amide bonds. The lowest BCUT2D eigenvalue weighted by Crippen LogP contribution is -2.54. The first-order valence-electron chi connectivity index (χ1n) is 23.5. The minimum Gasteiger partial charge on any atom is -0.494 e. The van der Waals surface area contributed by atoms with Gasteiger partial charge in [0.05, 0.1) is 19.0 Å². The van der Waals surface area contributed by atoms with Gasteiger partial charge in [-0.3, -0.25) is 29.3 Å². The van der Waals surface area contributed by atoms with Gasteiger partial charge in [-0.25, -0.2) is 14.8 Å². The number of rotatable bonds is 17. The van der Waals surface area contributed by atoms with E-state index < -0.39 is 23.6 Å². The fourth-order valence-corrected chi connectivity index (χ4v) is 9.65. The van der Waals surface area contributed by atoms with Crippen molar-refractivity contribution >= 4 is 58.9 Å². The number of nitrogens with zero attached hydrogens (tertiary/aromatic N) is 4. The van der Waals surface area contributed by atoms with Crippen LogP contribution in [0.15, 0.2) is 89.0 Å². The van der Waals surface area contributed by atoms with Crippen LogP contribution in [0.3, 0.4) is 0 Å². The Kier molecular flexibility index (Phi) is 14.7. The molecular formula is C51H60N8O8S. The predicted molar refractivity (Wildman–Crippen MR) is 256 cm³/mol. The summed E-state index contributed by atoms with van der Waals surface area (Å²) in [6, 6.07) is 20.5. The van der Waals surface area contributed by atoms with Crippen LogP contribution in [0, 0.1) is 5.92 Å². The van der Waals surface area contributed by atoms with Crippen molar-refractivity contribution in [3.05, 3.63) is 101 Å². The first-order valence-corrected chi connectivity index (χ1v) is 24.3. The van der Waals surface area contributed by atoms with Gasteiger partial charge in [0, 0.05) is 66.6 Å². The van der Waals surface area contributed by atoms with Crippen molar-refractivity contribution in [2.75, 3.05) is 29.9 Å². The maximum Gasteiger partial charge on any atom is 0.408 e. The zero-order chi connectivity index (χ0) is 48.0. The van der Waals surface area contributed by atoms with Gasteiger partial charge in [-0.15, -0.1) is 0 Å². The molecule has 3 atom stereocenters. The molecule has 4 aliphatic rings. The van der Waals surface area contributed by atoms with E-state index >= 15 is 0 Å². The molecule has 68 heavy (non-hydrogen) atoms. The van der Waals surface area contributed by atoms with Crippen molar-refractivity contribution in [1.29, 1.82) is 0 Å². The largest absolute Gasteiger partial charge is 0.494 e. The Labute approximate surface area is 401 Å². The van der Waals surface area contributed by atoms with Gasteiger partial charge in [-0.05, 0) is 132 Å². The van der Waals surface area contributed by atoms with Crippen LogP contribution in [0.2, 0.25) is 0 Å². The molecular weight excluding hydrogens is 885 g/mol. The average Bonchev–Trinajstić information content (AvgIpc) is 4.04. The van der Waals surface area contributed by atoms with Crippen LogP contribution in [-0.4, -0.2) is 87.4 Å². The van der Waals surface area contributed by atoms with E-state index in [1.165, 1.54) is 16.7 Å². The molecule has 1 saturated carbocycles. The standard InChI is InChI=1S/C51H60N8O8S/c1-50(2,3)67-49(65)57-51(4)20-22-58(23-21-51)42-29-53-45(30-52-42)68-37-10-8-9-35(26-37)55-43(60)11-6-5-7-24-66-36-16-14-33(15-17-36)38-27-40(38)46(62)54-28-32-12-13-34-31-59(48(64)39(34)25-32)41-18-19-44(61)56-47(41)63/h8-10,12-17,25-26,29-30,38,40-41H,5-7,11,18-24,27-28,31H2,1-4H3,(H,54,62)(H,55,60)(H,57,65)(H,56,61,63). The number of aromatic nitrogens is 2. The third-order valence-corrected chi connectivity index (χ3v) is 13.7. The van der Waals surface area contributed by atoms with Gasteiger partial charge in [-0.1, -0.05) is 42.1 Å². The Balaban J connectivity index is 0.688. The molecule has 3 unspecified atom stereocenters. The maximum absolute atomic E-state index is 13.2. The quantitative estimate of drug-likeness (QED) is 0.0611. The van der Waals surface area contributed by atoms with Crippen molar-refractivity contribution in [2.24, 2.45) is 5.92 Å². The normalized spacial score (nSPS) is 19.7. The number of nitrogens with one attached hydrogen (secondary N) is 4. The van der Waals surface area contributed by atoms with E-state index in [9.17, 15) is 28.8 Å². The minimum atomic E-state index is -0.664. The number of alkyl carbamates (subject to hydrolysis) is 1. The third-order valence-electron chi connectivity index (χ3n) is 12.8. The molecule has 4 heterocycles. The summed E-state index contributed by atoms with van der Waals surface area (Å²) in [5, 5.41) is 12.2. The fraction of sp³-hybridized carbons (Fsp3) is 0.451. The summed E-state index contributed by atoms with van der Waals surface area (Å²) in [6.07, 6.45) is 8.73. The number of amides is 6. The number of carbonyl (C=O) groups excluding carboxylic acids is 6. The summed E-state index contributed by atoms with van der Waals surface area (Å²) < 4.78 is 11.4. The third kappa shape index (κ3) is 12.5. The van der Waals surface area contributed by atoms with Crippen molar-refractivity contribution in [2.45, 2.75) is 132 Å². The molecule has 1 aliphatic carbocycles. The maximum atomic E-state index is 13.2. The molecule has 17 heteroatoms. The van der Waals surface area contributed by atoms with Gasteiger partial charge >= 0.3 is 6.09 Å². The Morgan fingerprint density at radius 2 is 1.74 bits per heavy atom. The van der Waals surface area contributed by atoms with Crippen LogP contribution in [-0.2, 0) is 37.0 Å². The molecule has 3 aliphatic heterocycles.